The molecule has 1 heterocycles. The van der Waals surface area contributed by atoms with Gasteiger partial charge in [-0.2, -0.15) is 0 Å². The van der Waals surface area contributed by atoms with E-state index in [1.165, 1.54) is 37.1 Å². The molecule has 0 amide bonds. The molecule has 0 saturated carbocycles. The van der Waals surface area contributed by atoms with Crippen LogP contribution in [0.4, 0.5) is 10.1 Å². The summed E-state index contributed by atoms with van der Waals surface area (Å²) < 4.78 is 40.4. The fourth-order valence-electron chi connectivity index (χ4n) is 3.11. The number of nitrogens with zero attached hydrogens (tertiary/aromatic N) is 1. The van der Waals surface area contributed by atoms with Gasteiger partial charge in [-0.25, -0.2) is 17.5 Å². The van der Waals surface area contributed by atoms with Gasteiger partial charge in [0, 0.05) is 24.8 Å². The predicted octanol–water partition coefficient (Wildman–Crippen LogP) is 3.86. The molecular weight excluding hydrogens is 339 g/mol. The Morgan fingerprint density at radius 2 is 1.56 bits per heavy atom. The van der Waals surface area contributed by atoms with Gasteiger partial charge in [-0.1, -0.05) is 12.1 Å². The second-order valence-electron chi connectivity index (χ2n) is 6.44. The van der Waals surface area contributed by atoms with E-state index in [-0.39, 0.29) is 10.9 Å². The van der Waals surface area contributed by atoms with Gasteiger partial charge in [-0.15, -0.1) is 0 Å². The molecule has 1 fully saturated rings. The Morgan fingerprint density at radius 3 is 2.16 bits per heavy atom. The van der Waals surface area contributed by atoms with E-state index in [0.717, 1.165) is 30.8 Å². The highest BCUT2D eigenvalue weighted by molar-refractivity contribution is 7.89. The zero-order chi connectivity index (χ0) is 17.9. The van der Waals surface area contributed by atoms with Crippen molar-refractivity contribution in [1.82, 2.24) is 4.72 Å². The molecule has 2 aromatic rings. The number of sulfonamides is 1. The Morgan fingerprint density at radius 1 is 0.960 bits per heavy atom. The van der Waals surface area contributed by atoms with Crippen LogP contribution in [-0.4, -0.2) is 21.5 Å². The van der Waals surface area contributed by atoms with Crippen LogP contribution in [0.2, 0.25) is 0 Å². The molecule has 4 nitrogen and oxygen atoms in total. The Hall–Kier alpha value is -1.92. The summed E-state index contributed by atoms with van der Waals surface area (Å²) in [7, 11) is -3.68. The van der Waals surface area contributed by atoms with Crippen molar-refractivity contribution < 1.29 is 12.8 Å². The highest BCUT2D eigenvalue weighted by atomic mass is 32.2. The second-order valence-corrected chi connectivity index (χ2v) is 8.15. The molecule has 0 bridgehead atoms. The van der Waals surface area contributed by atoms with Crippen molar-refractivity contribution in [3.05, 3.63) is 59.9 Å². The summed E-state index contributed by atoms with van der Waals surface area (Å²) in [5.74, 6) is -0.458. The van der Waals surface area contributed by atoms with Crippen LogP contribution in [0, 0.1) is 5.82 Å². The lowest BCUT2D eigenvalue weighted by molar-refractivity contribution is 0.566. The maximum Gasteiger partial charge on any atom is 0.241 e. The summed E-state index contributed by atoms with van der Waals surface area (Å²) in [5.41, 5.74) is 2.07. The number of halogens is 1. The molecule has 1 aliphatic heterocycles. The first-order valence-corrected chi connectivity index (χ1v) is 10.1. The van der Waals surface area contributed by atoms with E-state index in [0.29, 0.717) is 0 Å². The smallest absolute Gasteiger partial charge is 0.241 e. The summed E-state index contributed by atoms with van der Waals surface area (Å²) in [4.78, 5) is 2.42. The van der Waals surface area contributed by atoms with Crippen LogP contribution in [0.3, 0.4) is 0 Å². The lowest BCUT2D eigenvalue weighted by Gasteiger charge is -2.29. The fourth-order valence-corrected chi connectivity index (χ4v) is 4.34. The summed E-state index contributed by atoms with van der Waals surface area (Å²) in [6.07, 6.45) is 3.72. The number of hydrogen-bond donors (Lipinski definition) is 1. The number of benzene rings is 2. The minimum absolute atomic E-state index is 0.0608. The average Bonchev–Trinajstić information content (AvgIpc) is 2.62. The first kappa shape index (κ1) is 17.9. The van der Waals surface area contributed by atoms with Crippen LogP contribution in [0.25, 0.3) is 0 Å². The number of rotatable bonds is 5. The highest BCUT2D eigenvalue weighted by Gasteiger charge is 2.19. The quantitative estimate of drug-likeness (QED) is 0.879. The van der Waals surface area contributed by atoms with Gasteiger partial charge in [-0.3, -0.25) is 0 Å². The van der Waals surface area contributed by atoms with Crippen LogP contribution >= 0.6 is 0 Å². The molecule has 1 N–H and O–H groups in total. The second kappa shape index (κ2) is 7.54. The van der Waals surface area contributed by atoms with Crippen molar-refractivity contribution in [3.8, 4) is 0 Å². The van der Waals surface area contributed by atoms with Crippen molar-refractivity contribution in [2.24, 2.45) is 0 Å². The number of hydrogen-bond acceptors (Lipinski definition) is 3. The third-order valence-electron chi connectivity index (χ3n) is 4.57. The van der Waals surface area contributed by atoms with Gasteiger partial charge in [-0.05, 0) is 68.1 Å². The Labute approximate surface area is 148 Å². The monoisotopic (exact) mass is 362 g/mol. The molecule has 0 radical (unpaired) electrons. The van der Waals surface area contributed by atoms with E-state index in [9.17, 15) is 12.8 Å². The van der Waals surface area contributed by atoms with E-state index < -0.39 is 15.8 Å². The summed E-state index contributed by atoms with van der Waals surface area (Å²) in [5, 5.41) is 0. The summed E-state index contributed by atoms with van der Waals surface area (Å²) >= 11 is 0. The fraction of sp³-hybridized carbons (Fsp3) is 0.368. The minimum Gasteiger partial charge on any atom is -0.372 e. The molecule has 6 heteroatoms. The van der Waals surface area contributed by atoms with Crippen LogP contribution in [0.1, 0.15) is 37.8 Å². The van der Waals surface area contributed by atoms with Crippen molar-refractivity contribution in [2.75, 3.05) is 18.0 Å². The molecule has 1 saturated heterocycles. The SMILES string of the molecule is C[C@H](NS(=O)(=O)c1ccc(F)cc1)c1ccc(N2CCCCC2)cc1. The summed E-state index contributed by atoms with van der Waals surface area (Å²) in [6.45, 7) is 3.95. The maximum absolute atomic E-state index is 13.0. The zero-order valence-electron chi connectivity index (χ0n) is 14.3. The van der Waals surface area contributed by atoms with E-state index >= 15 is 0 Å². The standard InChI is InChI=1S/C19H23FN2O2S/c1-15(21-25(23,24)19-11-7-17(20)8-12-19)16-5-9-18(10-6-16)22-13-3-2-4-14-22/h5-12,15,21H,2-4,13-14H2,1H3/t15-/m0/s1. The molecule has 0 aliphatic carbocycles. The molecular formula is C19H23FN2O2S. The van der Waals surface area contributed by atoms with Crippen LogP contribution < -0.4 is 9.62 Å². The van der Waals surface area contributed by atoms with Crippen LogP contribution in [-0.2, 0) is 10.0 Å². The lowest BCUT2D eigenvalue weighted by Crippen LogP contribution is -2.29. The molecule has 25 heavy (non-hydrogen) atoms. The van der Waals surface area contributed by atoms with E-state index in [4.69, 9.17) is 0 Å². The molecule has 1 aliphatic rings. The van der Waals surface area contributed by atoms with Crippen molar-refractivity contribution in [1.29, 1.82) is 0 Å². The molecule has 134 valence electrons. The van der Waals surface area contributed by atoms with Crippen LogP contribution in [0.15, 0.2) is 53.4 Å². The van der Waals surface area contributed by atoms with Gasteiger partial charge >= 0.3 is 0 Å². The highest BCUT2D eigenvalue weighted by Crippen LogP contribution is 2.23. The van der Waals surface area contributed by atoms with E-state index in [2.05, 4.69) is 9.62 Å². The van der Waals surface area contributed by atoms with Crippen molar-refractivity contribution in [3.63, 3.8) is 0 Å². The first-order chi connectivity index (χ1) is 12.0. The largest absolute Gasteiger partial charge is 0.372 e. The van der Waals surface area contributed by atoms with E-state index in [1.807, 2.05) is 24.3 Å². The predicted molar refractivity (Wildman–Crippen MR) is 97.6 cm³/mol. The number of anilines is 1. The molecule has 1 atom stereocenters. The lowest BCUT2D eigenvalue weighted by atomic mass is 10.1. The first-order valence-electron chi connectivity index (χ1n) is 8.58. The molecule has 0 aromatic heterocycles. The molecule has 0 unspecified atom stereocenters. The van der Waals surface area contributed by atoms with Gasteiger partial charge in [0.25, 0.3) is 0 Å². The Kier molecular flexibility index (Phi) is 5.39. The maximum atomic E-state index is 13.0. The third kappa shape index (κ3) is 4.38. The average molecular weight is 362 g/mol. The Balaban J connectivity index is 1.70. The third-order valence-corrected chi connectivity index (χ3v) is 6.13. The van der Waals surface area contributed by atoms with Crippen LogP contribution in [0.5, 0.6) is 0 Å². The van der Waals surface area contributed by atoms with Crippen molar-refractivity contribution >= 4 is 15.7 Å². The van der Waals surface area contributed by atoms with Crippen molar-refractivity contribution in [2.45, 2.75) is 37.1 Å². The molecule has 3 rings (SSSR count). The topological polar surface area (TPSA) is 49.4 Å². The van der Waals surface area contributed by atoms with Gasteiger partial charge in [0.05, 0.1) is 4.90 Å². The molecule has 2 aromatic carbocycles. The van der Waals surface area contributed by atoms with Gasteiger partial charge in [0.1, 0.15) is 5.82 Å². The molecule has 0 spiro atoms. The summed E-state index contributed by atoms with van der Waals surface area (Å²) in [6, 6.07) is 12.5. The van der Waals surface area contributed by atoms with Gasteiger partial charge in [0.15, 0.2) is 0 Å². The normalized spacial score (nSPS) is 16.6. The number of nitrogens with one attached hydrogen (secondary N) is 1. The van der Waals surface area contributed by atoms with Gasteiger partial charge in [0.2, 0.25) is 10.0 Å². The number of piperidine rings is 1. The minimum atomic E-state index is -3.68. The Bertz CT molecular complexity index is 798. The zero-order valence-corrected chi connectivity index (χ0v) is 15.1. The van der Waals surface area contributed by atoms with Gasteiger partial charge < -0.3 is 4.90 Å². The van der Waals surface area contributed by atoms with E-state index in [1.54, 1.807) is 6.92 Å².